The molecule has 12 aromatic carbocycles. The molecule has 0 saturated heterocycles. The molecule has 0 aliphatic heterocycles. The van der Waals surface area contributed by atoms with Crippen LogP contribution in [-0.4, -0.2) is 9.13 Å². The van der Waals surface area contributed by atoms with Gasteiger partial charge >= 0.3 is 0 Å². The Bertz CT molecular complexity index is 5140. The molecule has 0 N–H and O–H groups in total. The predicted octanol–water partition coefficient (Wildman–Crippen LogP) is 24.6. The minimum absolute atomic E-state index is 0.0508. The van der Waals surface area contributed by atoms with E-state index in [1.54, 1.807) is 0 Å². The van der Waals surface area contributed by atoms with Crippen molar-refractivity contribution in [3.8, 4) is 11.4 Å². The SMILES string of the molecule is CC(C)c1ccc(N(c2ccc3c(c2)oc2ccc4c(ccc5oc6cc(N(c7ccc(C(C)C)cc7)c7ccc8c9ccccc9n(-c9ccc(C(C)(C)C)cc9)c8c7)ccc6c54)c23)c2ccc3c4ccccc4n(-c4ccc(C(C)(C)C)cc4)c3c2)cc1. The van der Waals surface area contributed by atoms with Crippen molar-refractivity contribution < 1.29 is 8.83 Å². The van der Waals surface area contributed by atoms with Crippen LogP contribution in [0, 0.1) is 0 Å². The van der Waals surface area contributed by atoms with Gasteiger partial charge in [-0.05, 0) is 189 Å². The molecule has 6 nitrogen and oxygen atoms in total. The Morgan fingerprint density at radius 2 is 0.611 bits per heavy atom. The molecule has 0 aliphatic rings. The van der Waals surface area contributed by atoms with Crippen LogP contribution in [-0.2, 0) is 10.8 Å². The van der Waals surface area contributed by atoms with Crippen LogP contribution in [0.2, 0.25) is 0 Å². The van der Waals surface area contributed by atoms with Gasteiger partial charge in [-0.1, -0.05) is 166 Å². The highest BCUT2D eigenvalue weighted by atomic mass is 16.3. The third-order valence-electron chi connectivity index (χ3n) is 19.0. The van der Waals surface area contributed by atoms with E-state index in [9.17, 15) is 0 Å². The first-order valence-electron chi connectivity index (χ1n) is 31.9. The highest BCUT2D eigenvalue weighted by Crippen LogP contribution is 2.47. The largest absolute Gasteiger partial charge is 0.456 e. The molecule has 90 heavy (non-hydrogen) atoms. The lowest BCUT2D eigenvalue weighted by Crippen LogP contribution is -2.11. The first kappa shape index (κ1) is 55.0. The molecule has 0 saturated carbocycles. The number of aromatic nitrogens is 2. The van der Waals surface area contributed by atoms with Gasteiger partial charge in [0.1, 0.15) is 22.3 Å². The van der Waals surface area contributed by atoms with Crippen LogP contribution in [0.4, 0.5) is 34.1 Å². The van der Waals surface area contributed by atoms with Crippen LogP contribution in [0.1, 0.15) is 103 Å². The summed E-state index contributed by atoms with van der Waals surface area (Å²) in [7, 11) is 0. The summed E-state index contributed by atoms with van der Waals surface area (Å²) in [4.78, 5) is 4.75. The Morgan fingerprint density at radius 3 is 0.978 bits per heavy atom. The van der Waals surface area contributed by atoms with Crippen LogP contribution in [0.15, 0.2) is 251 Å². The van der Waals surface area contributed by atoms with Gasteiger partial charge in [0.05, 0.1) is 22.1 Å². The predicted molar refractivity (Wildman–Crippen MR) is 382 cm³/mol. The zero-order valence-corrected chi connectivity index (χ0v) is 52.9. The van der Waals surface area contributed by atoms with Gasteiger partial charge in [0.25, 0.3) is 0 Å². The zero-order chi connectivity index (χ0) is 61.5. The number of benzene rings is 12. The molecule has 4 heterocycles. The van der Waals surface area contributed by atoms with E-state index in [0.717, 1.165) is 111 Å². The van der Waals surface area contributed by atoms with E-state index in [4.69, 9.17) is 8.83 Å². The average molecular weight is 1170 g/mol. The molecule has 0 radical (unpaired) electrons. The van der Waals surface area contributed by atoms with Crippen molar-refractivity contribution in [2.75, 3.05) is 9.80 Å². The number of hydrogen-bond donors (Lipinski definition) is 0. The van der Waals surface area contributed by atoms with Crippen molar-refractivity contribution in [2.24, 2.45) is 0 Å². The highest BCUT2D eigenvalue weighted by molar-refractivity contribution is 6.28. The quantitative estimate of drug-likeness (QED) is 0.137. The third-order valence-corrected chi connectivity index (χ3v) is 19.0. The van der Waals surface area contributed by atoms with Crippen LogP contribution in [0.3, 0.4) is 0 Å². The summed E-state index contributed by atoms with van der Waals surface area (Å²) < 4.78 is 18.7. The van der Waals surface area contributed by atoms with Crippen LogP contribution in [0.5, 0.6) is 0 Å². The fourth-order valence-electron chi connectivity index (χ4n) is 14.1. The average Bonchev–Trinajstić information content (AvgIpc) is 1.58. The summed E-state index contributed by atoms with van der Waals surface area (Å²) in [6, 6.07) is 89.9. The lowest BCUT2D eigenvalue weighted by molar-refractivity contribution is 0.590. The maximum Gasteiger partial charge on any atom is 0.137 e. The number of furan rings is 2. The summed E-state index contributed by atoms with van der Waals surface area (Å²) >= 11 is 0. The Labute approximate surface area is 525 Å². The minimum Gasteiger partial charge on any atom is -0.456 e. The van der Waals surface area contributed by atoms with Crippen molar-refractivity contribution in [1.82, 2.24) is 9.13 Å². The first-order chi connectivity index (χ1) is 43.5. The van der Waals surface area contributed by atoms with Crippen LogP contribution < -0.4 is 9.80 Å². The second-order valence-corrected chi connectivity index (χ2v) is 27.4. The van der Waals surface area contributed by atoms with Gasteiger partial charge in [-0.15, -0.1) is 0 Å². The van der Waals surface area contributed by atoms with E-state index >= 15 is 0 Å². The van der Waals surface area contributed by atoms with Crippen molar-refractivity contribution in [3.05, 3.63) is 265 Å². The lowest BCUT2D eigenvalue weighted by atomic mass is 9.87. The zero-order valence-electron chi connectivity index (χ0n) is 52.9. The van der Waals surface area contributed by atoms with E-state index in [0.29, 0.717) is 11.8 Å². The molecule has 0 bridgehead atoms. The topological polar surface area (TPSA) is 42.6 Å². The summed E-state index contributed by atoms with van der Waals surface area (Å²) in [6.07, 6.45) is 0. The molecule has 16 rings (SSSR count). The number of hydrogen-bond acceptors (Lipinski definition) is 4. The van der Waals surface area contributed by atoms with Gasteiger partial charge in [0.2, 0.25) is 0 Å². The van der Waals surface area contributed by atoms with E-state index in [1.165, 1.54) is 54.8 Å². The Hall–Kier alpha value is -10.3. The van der Waals surface area contributed by atoms with Gasteiger partial charge in [-0.3, -0.25) is 0 Å². The van der Waals surface area contributed by atoms with Gasteiger partial charge < -0.3 is 27.8 Å². The maximum atomic E-state index is 6.95. The van der Waals surface area contributed by atoms with Crippen molar-refractivity contribution in [3.63, 3.8) is 0 Å². The first-order valence-corrected chi connectivity index (χ1v) is 31.9. The molecule has 0 unspecified atom stereocenters. The minimum atomic E-state index is 0.0508. The monoisotopic (exact) mass is 1170 g/mol. The molecular formula is C84H72N4O2. The fraction of sp³-hybridized carbons (Fsp3) is 0.167. The highest BCUT2D eigenvalue weighted by Gasteiger charge is 2.25. The van der Waals surface area contributed by atoms with E-state index in [1.807, 2.05) is 0 Å². The Kier molecular flexibility index (Phi) is 12.6. The van der Waals surface area contributed by atoms with Crippen molar-refractivity contribution in [2.45, 2.75) is 91.9 Å². The van der Waals surface area contributed by atoms with Gasteiger partial charge in [-0.25, -0.2) is 0 Å². The second-order valence-electron chi connectivity index (χ2n) is 27.4. The third kappa shape index (κ3) is 8.97. The molecular weight excluding hydrogens is 1100 g/mol. The second kappa shape index (κ2) is 20.6. The van der Waals surface area contributed by atoms with Gasteiger partial charge in [0, 0.05) is 101 Å². The lowest BCUT2D eigenvalue weighted by Gasteiger charge is -2.26. The van der Waals surface area contributed by atoms with Crippen molar-refractivity contribution in [1.29, 1.82) is 0 Å². The summed E-state index contributed by atoms with van der Waals surface area (Å²) in [6.45, 7) is 22.6. The molecule has 440 valence electrons. The maximum absolute atomic E-state index is 6.95. The Morgan fingerprint density at radius 1 is 0.289 bits per heavy atom. The number of anilines is 6. The van der Waals surface area contributed by atoms with E-state index in [2.05, 4.69) is 331 Å². The van der Waals surface area contributed by atoms with Crippen LogP contribution >= 0.6 is 0 Å². The standard InChI is InChI=1S/C84H72N4O2/c1-51(2)53-19-27-57(28-20-53)85(61-35-39-67-65-15-11-13-17-73(65)87(75(67)47-61)59-31-23-55(24-32-59)83(5,6)7)63-37-41-71-79(49-63)89-77-45-43-70-69(81(71)77)44-46-78-82(70)72-42-38-64(50-80(72)90-78)86(58-29-21-54(22-30-58)52(3)4)62-36-40-68-66-16-12-14-18-74(66)88(76(68)48-62)60-33-25-56(26-34-60)84(8,9)10/h11-52H,1-10H3. The molecule has 0 amide bonds. The van der Waals surface area contributed by atoms with Crippen molar-refractivity contribution >= 4 is 132 Å². The molecule has 0 fully saturated rings. The molecule has 0 spiro atoms. The molecule has 4 aromatic heterocycles. The summed E-state index contributed by atoms with van der Waals surface area (Å²) in [5.74, 6) is 0.813. The Balaban J connectivity index is 0.814. The smallest absolute Gasteiger partial charge is 0.137 e. The number of para-hydroxylation sites is 2. The number of fused-ring (bicyclic) bond motifs is 15. The number of nitrogens with zero attached hydrogens (tertiary/aromatic N) is 4. The molecule has 0 atom stereocenters. The molecule has 16 aromatic rings. The van der Waals surface area contributed by atoms with Gasteiger partial charge in [0.15, 0.2) is 0 Å². The molecule has 6 heteroatoms. The van der Waals surface area contributed by atoms with Crippen LogP contribution in [0.25, 0.3) is 110 Å². The number of rotatable bonds is 10. The summed E-state index contributed by atoms with van der Waals surface area (Å²) in [5.41, 5.74) is 21.9. The van der Waals surface area contributed by atoms with E-state index < -0.39 is 0 Å². The van der Waals surface area contributed by atoms with E-state index in [-0.39, 0.29) is 10.8 Å². The fourth-order valence-corrected chi connectivity index (χ4v) is 14.1. The normalized spacial score (nSPS) is 12.5. The van der Waals surface area contributed by atoms with Gasteiger partial charge in [-0.2, -0.15) is 0 Å². The summed E-state index contributed by atoms with van der Waals surface area (Å²) in [5, 5.41) is 11.4. The molecule has 0 aliphatic carbocycles.